The number of thiophene rings is 1. The van der Waals surface area contributed by atoms with Crippen LogP contribution in [0.25, 0.3) is 0 Å². The molecule has 3 aromatic rings. The number of hydrogen-bond acceptors (Lipinski definition) is 4. The zero-order valence-electron chi connectivity index (χ0n) is 20.5. The van der Waals surface area contributed by atoms with Gasteiger partial charge in [0.1, 0.15) is 30.5 Å². The van der Waals surface area contributed by atoms with Crippen molar-refractivity contribution >= 4 is 23.2 Å². The average molecular weight is 513 g/mol. The first-order valence-electron chi connectivity index (χ1n) is 12.1. The highest BCUT2D eigenvalue weighted by atomic mass is 32.1. The molecule has 0 bridgehead atoms. The van der Waals surface area contributed by atoms with E-state index >= 15 is 0 Å². The zero-order valence-corrected chi connectivity index (χ0v) is 21.3. The minimum atomic E-state index is -0.601. The Bertz CT molecular complexity index is 1200. The molecule has 4 rings (SSSR count). The molecule has 2 aromatic carbocycles. The van der Waals surface area contributed by atoms with Crippen LogP contribution in [0.5, 0.6) is 5.75 Å². The van der Waals surface area contributed by atoms with Crippen LogP contribution in [0.4, 0.5) is 8.78 Å². The largest absolute Gasteiger partial charge is 0.491 e. The smallest absolute Gasteiger partial charge is 0.257 e. The molecule has 1 aliphatic rings. The molecule has 0 saturated carbocycles. The van der Waals surface area contributed by atoms with Gasteiger partial charge in [-0.1, -0.05) is 32.4 Å². The first kappa shape index (κ1) is 25.8. The van der Waals surface area contributed by atoms with Crippen molar-refractivity contribution in [1.29, 1.82) is 0 Å². The summed E-state index contributed by atoms with van der Waals surface area (Å²) in [7, 11) is 0. The fraction of sp³-hybridized carbons (Fsp3) is 0.357. The number of carbonyl (C=O) groups excluding carboxylic acids is 2. The molecule has 8 heteroatoms. The lowest BCUT2D eigenvalue weighted by Crippen LogP contribution is -2.48. The second-order valence-electron chi connectivity index (χ2n) is 9.10. The van der Waals surface area contributed by atoms with Gasteiger partial charge in [0.05, 0.1) is 11.6 Å². The molecular formula is C28H30F2N2O3S. The maximum Gasteiger partial charge on any atom is 0.257 e. The highest BCUT2D eigenvalue weighted by molar-refractivity contribution is 7.10. The summed E-state index contributed by atoms with van der Waals surface area (Å²) in [6.07, 6.45) is 1.55. The Kier molecular flexibility index (Phi) is 8.36. The summed E-state index contributed by atoms with van der Waals surface area (Å²) in [5.41, 5.74) is 0.985. The number of hydrogen-bond donors (Lipinski definition) is 0. The van der Waals surface area contributed by atoms with E-state index < -0.39 is 11.7 Å². The van der Waals surface area contributed by atoms with Crippen LogP contribution in [0.2, 0.25) is 0 Å². The van der Waals surface area contributed by atoms with Gasteiger partial charge in [0.15, 0.2) is 0 Å². The van der Waals surface area contributed by atoms with Gasteiger partial charge >= 0.3 is 0 Å². The lowest BCUT2D eigenvalue weighted by Gasteiger charge is -2.37. The van der Waals surface area contributed by atoms with Gasteiger partial charge in [-0.3, -0.25) is 9.59 Å². The van der Waals surface area contributed by atoms with Crippen molar-refractivity contribution in [3.63, 3.8) is 0 Å². The molecule has 1 aliphatic heterocycles. The molecule has 36 heavy (non-hydrogen) atoms. The number of carbonyl (C=O) groups is 2. The first-order chi connectivity index (χ1) is 17.4. The van der Waals surface area contributed by atoms with Crippen LogP contribution in [0.15, 0.2) is 60.0 Å². The van der Waals surface area contributed by atoms with E-state index in [1.54, 1.807) is 34.4 Å². The monoisotopic (exact) mass is 512 g/mol. The lowest BCUT2D eigenvalue weighted by molar-refractivity contribution is -0.135. The Balaban J connectivity index is 1.55. The highest BCUT2D eigenvalue weighted by Crippen LogP contribution is 2.34. The summed E-state index contributed by atoms with van der Waals surface area (Å²) in [5.74, 6) is -0.995. The van der Waals surface area contributed by atoms with Crippen molar-refractivity contribution in [3.05, 3.63) is 87.6 Å². The molecule has 2 atom stereocenters. The van der Waals surface area contributed by atoms with Gasteiger partial charge in [0.25, 0.3) is 5.91 Å². The van der Waals surface area contributed by atoms with E-state index in [4.69, 9.17) is 4.74 Å². The van der Waals surface area contributed by atoms with Gasteiger partial charge in [-0.25, -0.2) is 8.78 Å². The molecule has 0 N–H and O–H groups in total. The molecule has 2 amide bonds. The van der Waals surface area contributed by atoms with E-state index in [1.807, 2.05) is 25.3 Å². The number of benzene rings is 2. The third-order valence-electron chi connectivity index (χ3n) is 6.58. The van der Waals surface area contributed by atoms with Crippen molar-refractivity contribution in [2.75, 3.05) is 26.2 Å². The molecule has 190 valence electrons. The quantitative estimate of drug-likeness (QED) is 0.369. The van der Waals surface area contributed by atoms with Gasteiger partial charge in [-0.2, -0.15) is 0 Å². The van der Waals surface area contributed by atoms with Crippen molar-refractivity contribution in [2.24, 2.45) is 5.92 Å². The molecule has 0 spiro atoms. The first-order valence-corrected chi connectivity index (χ1v) is 13.0. The van der Waals surface area contributed by atoms with E-state index in [-0.39, 0.29) is 42.4 Å². The van der Waals surface area contributed by atoms with Crippen LogP contribution in [-0.4, -0.2) is 47.9 Å². The Hall–Kier alpha value is -3.26. The maximum absolute atomic E-state index is 14.4. The number of ether oxygens (including phenoxy) is 1. The maximum atomic E-state index is 14.4. The van der Waals surface area contributed by atoms with E-state index in [0.29, 0.717) is 18.8 Å². The zero-order chi connectivity index (χ0) is 25.7. The van der Waals surface area contributed by atoms with Gasteiger partial charge < -0.3 is 14.5 Å². The standard InChI is InChI=1S/C28H30F2N2O3S/c1-3-19(2)16-31(28(34)22-6-4-5-7-24(22)30)17-27(33)32-14-12-26-23(13-15-36-26)25(32)18-35-21-10-8-20(29)9-11-21/h4-11,13,15,19,25H,3,12,14,16-18H2,1-2H3. The number of halogens is 2. The Labute approximate surface area is 214 Å². The fourth-order valence-electron chi connectivity index (χ4n) is 4.36. The third-order valence-corrected chi connectivity index (χ3v) is 7.58. The second kappa shape index (κ2) is 11.6. The topological polar surface area (TPSA) is 49.9 Å². The van der Waals surface area contributed by atoms with Crippen LogP contribution < -0.4 is 4.74 Å². The normalized spacial score (nSPS) is 15.8. The van der Waals surface area contributed by atoms with Crippen molar-refractivity contribution in [1.82, 2.24) is 9.80 Å². The Morgan fingerprint density at radius 2 is 1.89 bits per heavy atom. The summed E-state index contributed by atoms with van der Waals surface area (Å²) in [5, 5.41) is 2.00. The van der Waals surface area contributed by atoms with E-state index in [1.165, 1.54) is 40.1 Å². The van der Waals surface area contributed by atoms with Gasteiger partial charge in [0, 0.05) is 18.0 Å². The third kappa shape index (κ3) is 5.93. The summed E-state index contributed by atoms with van der Waals surface area (Å²) >= 11 is 1.65. The lowest BCUT2D eigenvalue weighted by atomic mass is 10.00. The van der Waals surface area contributed by atoms with E-state index in [9.17, 15) is 18.4 Å². The molecule has 0 saturated heterocycles. The van der Waals surface area contributed by atoms with Crippen LogP contribution in [-0.2, 0) is 11.2 Å². The number of fused-ring (bicyclic) bond motifs is 1. The highest BCUT2D eigenvalue weighted by Gasteiger charge is 2.34. The minimum Gasteiger partial charge on any atom is -0.491 e. The summed E-state index contributed by atoms with van der Waals surface area (Å²) < 4.78 is 33.6. The van der Waals surface area contributed by atoms with Crippen LogP contribution in [0.1, 0.15) is 47.1 Å². The SMILES string of the molecule is CCC(C)CN(CC(=O)N1CCc2sccc2C1COc1ccc(F)cc1)C(=O)c1ccccc1F. The molecule has 1 aromatic heterocycles. The predicted octanol–water partition coefficient (Wildman–Crippen LogP) is 5.72. The van der Waals surface area contributed by atoms with Crippen molar-refractivity contribution in [3.8, 4) is 5.75 Å². The van der Waals surface area contributed by atoms with Gasteiger partial charge in [-0.15, -0.1) is 11.3 Å². The van der Waals surface area contributed by atoms with Crippen LogP contribution in [0, 0.1) is 17.6 Å². The fourth-order valence-corrected chi connectivity index (χ4v) is 5.29. The minimum absolute atomic E-state index is 0.0384. The summed E-state index contributed by atoms with van der Waals surface area (Å²) in [6.45, 7) is 4.92. The van der Waals surface area contributed by atoms with Crippen LogP contribution in [0.3, 0.4) is 0 Å². The molecular weight excluding hydrogens is 482 g/mol. The van der Waals surface area contributed by atoms with Crippen LogP contribution >= 0.6 is 11.3 Å². The van der Waals surface area contributed by atoms with Gasteiger partial charge in [-0.05, 0) is 65.7 Å². The molecule has 2 heterocycles. The number of rotatable bonds is 9. The molecule has 0 radical (unpaired) electrons. The van der Waals surface area contributed by atoms with Crippen molar-refractivity contribution < 1.29 is 23.1 Å². The van der Waals surface area contributed by atoms with E-state index in [0.717, 1.165) is 18.4 Å². The molecule has 5 nitrogen and oxygen atoms in total. The molecule has 2 unspecified atom stereocenters. The number of nitrogens with zero attached hydrogens (tertiary/aromatic N) is 2. The van der Waals surface area contributed by atoms with Crippen molar-refractivity contribution in [2.45, 2.75) is 32.7 Å². The average Bonchev–Trinajstić information content (AvgIpc) is 3.36. The Morgan fingerprint density at radius 1 is 1.14 bits per heavy atom. The Morgan fingerprint density at radius 3 is 2.61 bits per heavy atom. The summed E-state index contributed by atoms with van der Waals surface area (Å²) in [6, 6.07) is 13.3. The van der Waals surface area contributed by atoms with E-state index in [2.05, 4.69) is 0 Å². The molecule has 0 fully saturated rings. The van der Waals surface area contributed by atoms with Gasteiger partial charge in [0.2, 0.25) is 5.91 Å². The number of amides is 2. The summed E-state index contributed by atoms with van der Waals surface area (Å²) in [4.78, 5) is 31.3. The predicted molar refractivity (Wildman–Crippen MR) is 136 cm³/mol. The molecule has 0 aliphatic carbocycles. The second-order valence-corrected chi connectivity index (χ2v) is 10.1.